The molecule has 18 heavy (non-hydrogen) atoms. The van der Waals surface area contributed by atoms with E-state index in [-0.39, 0.29) is 11.7 Å². The summed E-state index contributed by atoms with van der Waals surface area (Å²) in [5.74, 6) is -0.558. The summed E-state index contributed by atoms with van der Waals surface area (Å²) in [4.78, 5) is 23.6. The highest BCUT2D eigenvalue weighted by atomic mass is 16.2. The minimum absolute atomic E-state index is 0.0232. The average Bonchev–Trinajstić information content (AvgIpc) is 2.58. The zero-order valence-electron chi connectivity index (χ0n) is 11.4. The number of nitrogens with one attached hydrogen (secondary N) is 1. The maximum Gasteiger partial charge on any atom is 0.230 e. The van der Waals surface area contributed by atoms with E-state index in [0.717, 1.165) is 25.7 Å². The summed E-state index contributed by atoms with van der Waals surface area (Å²) < 4.78 is 0. The van der Waals surface area contributed by atoms with E-state index in [4.69, 9.17) is 0 Å². The van der Waals surface area contributed by atoms with Crippen molar-refractivity contribution in [1.82, 2.24) is 5.32 Å². The lowest BCUT2D eigenvalue weighted by Crippen LogP contribution is -2.32. The summed E-state index contributed by atoms with van der Waals surface area (Å²) in [6.07, 6.45) is 12.0. The van der Waals surface area contributed by atoms with Crippen LogP contribution in [0.2, 0.25) is 0 Å². The van der Waals surface area contributed by atoms with Crippen LogP contribution < -0.4 is 5.32 Å². The van der Waals surface area contributed by atoms with Gasteiger partial charge in [-0.1, -0.05) is 38.7 Å². The topological polar surface area (TPSA) is 46.2 Å². The molecule has 1 aliphatic rings. The molecule has 0 bridgehead atoms. The molecule has 3 heteroatoms. The molecule has 0 spiro atoms. The van der Waals surface area contributed by atoms with E-state index < -0.39 is 5.92 Å². The van der Waals surface area contributed by atoms with Crippen molar-refractivity contribution in [2.24, 2.45) is 5.92 Å². The summed E-state index contributed by atoms with van der Waals surface area (Å²) in [5, 5.41) is 2.80. The summed E-state index contributed by atoms with van der Waals surface area (Å²) in [7, 11) is 0. The zero-order valence-corrected chi connectivity index (χ0v) is 11.4. The lowest BCUT2D eigenvalue weighted by molar-refractivity contribution is -0.131. The molecule has 1 rings (SSSR count). The second-order valence-electron chi connectivity index (χ2n) is 4.99. The van der Waals surface area contributed by atoms with Crippen molar-refractivity contribution < 1.29 is 9.59 Å². The lowest BCUT2D eigenvalue weighted by Gasteiger charge is -2.08. The third-order valence-electron chi connectivity index (χ3n) is 3.39. The molecule has 1 fully saturated rings. The van der Waals surface area contributed by atoms with E-state index in [0.29, 0.717) is 13.0 Å². The van der Waals surface area contributed by atoms with Crippen molar-refractivity contribution in [3.05, 3.63) is 12.2 Å². The maximum atomic E-state index is 11.9. The first-order chi connectivity index (χ1) is 8.75. The van der Waals surface area contributed by atoms with Gasteiger partial charge in [0.15, 0.2) is 5.78 Å². The van der Waals surface area contributed by atoms with Crippen molar-refractivity contribution in [3.63, 3.8) is 0 Å². The van der Waals surface area contributed by atoms with Gasteiger partial charge < -0.3 is 5.32 Å². The fourth-order valence-corrected chi connectivity index (χ4v) is 2.22. The molecule has 0 aromatic heterocycles. The Kier molecular flexibility index (Phi) is 7.38. The van der Waals surface area contributed by atoms with Crippen LogP contribution in [-0.2, 0) is 9.59 Å². The van der Waals surface area contributed by atoms with Gasteiger partial charge in [0.25, 0.3) is 0 Å². The molecule has 1 unspecified atom stereocenters. The molecule has 3 nitrogen and oxygen atoms in total. The Morgan fingerprint density at radius 1 is 1.33 bits per heavy atom. The number of ketones is 1. The largest absolute Gasteiger partial charge is 0.355 e. The van der Waals surface area contributed by atoms with Crippen molar-refractivity contribution in [2.75, 3.05) is 6.54 Å². The van der Waals surface area contributed by atoms with Crippen LogP contribution in [0.1, 0.15) is 58.3 Å². The number of amides is 1. The SMILES string of the molecule is CCCCCCC=CC(=O)C1CCCCNC1=O. The maximum absolute atomic E-state index is 11.9. The molecular formula is C15H25NO2. The Morgan fingerprint density at radius 2 is 2.17 bits per heavy atom. The van der Waals surface area contributed by atoms with Gasteiger partial charge in [0.05, 0.1) is 0 Å². The quantitative estimate of drug-likeness (QED) is 0.429. The molecular weight excluding hydrogens is 226 g/mol. The second-order valence-corrected chi connectivity index (χ2v) is 4.99. The number of hydrogen-bond donors (Lipinski definition) is 1. The Labute approximate surface area is 110 Å². The van der Waals surface area contributed by atoms with Crippen LogP contribution in [-0.4, -0.2) is 18.2 Å². The van der Waals surface area contributed by atoms with Crippen LogP contribution >= 0.6 is 0 Å². The summed E-state index contributed by atoms with van der Waals surface area (Å²) in [6, 6.07) is 0. The molecule has 1 aliphatic heterocycles. The van der Waals surface area contributed by atoms with E-state index in [1.165, 1.54) is 19.3 Å². The minimum Gasteiger partial charge on any atom is -0.355 e. The summed E-state index contributed by atoms with van der Waals surface area (Å²) in [6.45, 7) is 2.90. The van der Waals surface area contributed by atoms with Crippen LogP contribution in [0.5, 0.6) is 0 Å². The summed E-state index contributed by atoms with van der Waals surface area (Å²) >= 11 is 0. The van der Waals surface area contributed by atoms with Crippen LogP contribution in [0.3, 0.4) is 0 Å². The zero-order chi connectivity index (χ0) is 13.2. The van der Waals surface area contributed by atoms with Gasteiger partial charge in [0.1, 0.15) is 5.92 Å². The Balaban J connectivity index is 2.29. The number of carbonyl (C=O) groups excluding carboxylic acids is 2. The van der Waals surface area contributed by atoms with Gasteiger partial charge in [-0.3, -0.25) is 9.59 Å². The molecule has 0 radical (unpaired) electrons. The lowest BCUT2D eigenvalue weighted by atomic mass is 9.97. The fourth-order valence-electron chi connectivity index (χ4n) is 2.22. The minimum atomic E-state index is -0.445. The second kappa shape index (κ2) is 8.90. The van der Waals surface area contributed by atoms with Crippen molar-refractivity contribution in [3.8, 4) is 0 Å². The van der Waals surface area contributed by atoms with E-state index in [2.05, 4.69) is 12.2 Å². The molecule has 1 amide bonds. The van der Waals surface area contributed by atoms with Crippen molar-refractivity contribution >= 4 is 11.7 Å². The Bertz CT molecular complexity index is 297. The van der Waals surface area contributed by atoms with E-state index in [1.54, 1.807) is 6.08 Å². The number of rotatable bonds is 7. The smallest absolute Gasteiger partial charge is 0.230 e. The van der Waals surface area contributed by atoms with Gasteiger partial charge >= 0.3 is 0 Å². The molecule has 102 valence electrons. The van der Waals surface area contributed by atoms with Crippen LogP contribution in [0.4, 0.5) is 0 Å². The monoisotopic (exact) mass is 251 g/mol. The van der Waals surface area contributed by atoms with Gasteiger partial charge in [-0.25, -0.2) is 0 Å². The molecule has 0 saturated carbocycles. The van der Waals surface area contributed by atoms with E-state index in [9.17, 15) is 9.59 Å². The van der Waals surface area contributed by atoms with Crippen molar-refractivity contribution in [1.29, 1.82) is 0 Å². The molecule has 1 atom stereocenters. The van der Waals surface area contributed by atoms with Crippen LogP contribution in [0.25, 0.3) is 0 Å². The van der Waals surface area contributed by atoms with Crippen LogP contribution in [0.15, 0.2) is 12.2 Å². The van der Waals surface area contributed by atoms with E-state index in [1.807, 2.05) is 6.08 Å². The Morgan fingerprint density at radius 3 is 2.94 bits per heavy atom. The predicted octanol–water partition coefficient (Wildman–Crippen LogP) is 3.00. The number of hydrogen-bond acceptors (Lipinski definition) is 2. The summed E-state index contributed by atoms with van der Waals surface area (Å²) in [5.41, 5.74) is 0. The molecule has 0 aromatic carbocycles. The molecule has 1 saturated heterocycles. The first kappa shape index (κ1) is 14.9. The number of carbonyl (C=O) groups is 2. The van der Waals surface area contributed by atoms with Crippen LogP contribution in [0, 0.1) is 5.92 Å². The van der Waals surface area contributed by atoms with Gasteiger partial charge in [-0.05, 0) is 31.8 Å². The molecule has 0 aromatic rings. The Hall–Kier alpha value is -1.12. The highest BCUT2D eigenvalue weighted by Crippen LogP contribution is 2.14. The average molecular weight is 251 g/mol. The predicted molar refractivity (Wildman–Crippen MR) is 73.3 cm³/mol. The highest BCUT2D eigenvalue weighted by molar-refractivity contribution is 6.06. The van der Waals surface area contributed by atoms with Gasteiger partial charge in [0.2, 0.25) is 5.91 Å². The first-order valence-corrected chi connectivity index (χ1v) is 7.23. The van der Waals surface area contributed by atoms with E-state index >= 15 is 0 Å². The standard InChI is InChI=1S/C15H25NO2/c1-2-3-4-5-6-7-11-14(17)13-10-8-9-12-16-15(13)18/h7,11,13H,2-6,8-10,12H2,1H3,(H,16,18). The van der Waals surface area contributed by atoms with Gasteiger partial charge in [-0.2, -0.15) is 0 Å². The third kappa shape index (κ3) is 5.48. The van der Waals surface area contributed by atoms with Gasteiger partial charge in [0, 0.05) is 6.54 Å². The number of unbranched alkanes of at least 4 members (excludes halogenated alkanes) is 4. The third-order valence-corrected chi connectivity index (χ3v) is 3.39. The molecule has 0 aliphatic carbocycles. The molecule has 1 N–H and O–H groups in total. The fraction of sp³-hybridized carbons (Fsp3) is 0.733. The normalized spacial score (nSPS) is 20.7. The molecule has 1 heterocycles. The van der Waals surface area contributed by atoms with Crippen molar-refractivity contribution in [2.45, 2.75) is 58.3 Å². The first-order valence-electron chi connectivity index (χ1n) is 7.23. The highest BCUT2D eigenvalue weighted by Gasteiger charge is 2.25. The number of allylic oxidation sites excluding steroid dienone is 2. The van der Waals surface area contributed by atoms with Gasteiger partial charge in [-0.15, -0.1) is 0 Å².